The van der Waals surface area contributed by atoms with Gasteiger partial charge in [-0.1, -0.05) is 0 Å². The fourth-order valence-electron chi connectivity index (χ4n) is 3.11. The van der Waals surface area contributed by atoms with E-state index in [1.165, 1.54) is 6.07 Å². The first-order valence-electron chi connectivity index (χ1n) is 6.76. The van der Waals surface area contributed by atoms with Crippen LogP contribution in [0, 0.1) is 21.8 Å². The topological polar surface area (TPSA) is 90.4 Å². The van der Waals surface area contributed by atoms with E-state index >= 15 is 0 Å². The van der Waals surface area contributed by atoms with E-state index in [-0.39, 0.29) is 34.0 Å². The van der Waals surface area contributed by atoms with Crippen molar-refractivity contribution in [2.45, 2.75) is 31.0 Å². The molecule has 0 aromatic heterocycles. The van der Waals surface area contributed by atoms with Crippen LogP contribution < -0.4 is 11.1 Å². The summed E-state index contributed by atoms with van der Waals surface area (Å²) in [5, 5.41) is 14.1. The van der Waals surface area contributed by atoms with Gasteiger partial charge in [0.25, 0.3) is 5.69 Å². The van der Waals surface area contributed by atoms with E-state index in [9.17, 15) is 14.5 Å². The largest absolute Gasteiger partial charge is 0.376 e. The van der Waals surface area contributed by atoms with E-state index in [0.717, 1.165) is 18.9 Å². The summed E-state index contributed by atoms with van der Waals surface area (Å²) in [7, 11) is 0. The number of nitrogens with two attached hydrogens (primary N) is 1. The molecule has 0 bridgehead atoms. The molecule has 0 radical (unpaired) electrons. The Balaban J connectivity index is 1.84. The van der Waals surface area contributed by atoms with Crippen LogP contribution in [0.5, 0.6) is 0 Å². The number of nitro groups is 1. The van der Waals surface area contributed by atoms with Gasteiger partial charge in [0, 0.05) is 18.6 Å². The van der Waals surface area contributed by atoms with Gasteiger partial charge >= 0.3 is 0 Å². The molecule has 1 saturated heterocycles. The molecule has 6 nitrogen and oxygen atoms in total. The van der Waals surface area contributed by atoms with Crippen molar-refractivity contribution in [1.82, 2.24) is 0 Å². The van der Waals surface area contributed by atoms with Gasteiger partial charge in [0.2, 0.25) is 0 Å². The van der Waals surface area contributed by atoms with Gasteiger partial charge in [-0.3, -0.25) is 10.1 Å². The second kappa shape index (κ2) is 5.51. The minimum absolute atomic E-state index is 0.0304. The van der Waals surface area contributed by atoms with Crippen LogP contribution in [0.1, 0.15) is 12.8 Å². The number of ether oxygens (including phenoxy) is 1. The summed E-state index contributed by atoms with van der Waals surface area (Å²) >= 11 is 3.04. The molecule has 0 amide bonds. The fraction of sp³-hybridized carbons (Fsp3) is 0.538. The van der Waals surface area contributed by atoms with E-state index in [4.69, 9.17) is 10.5 Å². The highest BCUT2D eigenvalue weighted by Gasteiger charge is 2.50. The molecule has 1 aromatic rings. The van der Waals surface area contributed by atoms with Crippen molar-refractivity contribution in [3.05, 3.63) is 32.5 Å². The highest BCUT2D eigenvalue weighted by Crippen LogP contribution is 2.40. The Kier molecular flexibility index (Phi) is 3.85. The number of nitro benzene ring substituents is 1. The first-order chi connectivity index (χ1) is 9.99. The molecule has 1 aromatic carbocycles. The zero-order valence-corrected chi connectivity index (χ0v) is 12.7. The van der Waals surface area contributed by atoms with Gasteiger partial charge in [0.1, 0.15) is 11.5 Å². The lowest BCUT2D eigenvalue weighted by Crippen LogP contribution is -2.69. The average Bonchev–Trinajstić information content (AvgIpc) is 2.47. The Labute approximate surface area is 129 Å². The van der Waals surface area contributed by atoms with Crippen molar-refractivity contribution in [1.29, 1.82) is 0 Å². The number of halogens is 2. The predicted octanol–water partition coefficient (Wildman–Crippen LogP) is 2.41. The summed E-state index contributed by atoms with van der Waals surface area (Å²) in [6, 6.07) is 1.97. The van der Waals surface area contributed by atoms with Crippen LogP contribution in [0.2, 0.25) is 0 Å². The number of nitrogens with zero attached hydrogens (tertiary/aromatic N) is 1. The minimum atomic E-state index is -0.669. The maximum atomic E-state index is 13.5. The molecule has 1 saturated carbocycles. The van der Waals surface area contributed by atoms with Crippen molar-refractivity contribution in [3.63, 3.8) is 0 Å². The summed E-state index contributed by atoms with van der Waals surface area (Å²) in [5.74, 6) is -0.379. The molecule has 114 valence electrons. The maximum absolute atomic E-state index is 13.5. The molecule has 4 unspecified atom stereocenters. The number of fused-ring (bicyclic) bond motifs is 1. The van der Waals surface area contributed by atoms with Gasteiger partial charge in [0.05, 0.1) is 27.6 Å². The predicted molar refractivity (Wildman–Crippen MR) is 78.6 cm³/mol. The van der Waals surface area contributed by atoms with E-state index in [1.807, 2.05) is 0 Å². The molecule has 2 fully saturated rings. The smallest absolute Gasteiger partial charge is 0.295 e. The second-order valence-corrected chi connectivity index (χ2v) is 6.28. The standard InChI is InChI=1S/C13H15BrFN3O3/c14-7-4-9(10(18(19)20)5-8(7)15)17-12-11(16)6-2-1-3-21-13(6)12/h4-6,11-13,17H,1-3,16H2. The summed E-state index contributed by atoms with van der Waals surface area (Å²) in [4.78, 5) is 10.4. The van der Waals surface area contributed by atoms with Gasteiger partial charge in [-0.05, 0) is 34.8 Å². The fourth-order valence-corrected chi connectivity index (χ4v) is 3.45. The van der Waals surface area contributed by atoms with Crippen molar-refractivity contribution in [2.75, 3.05) is 11.9 Å². The Morgan fingerprint density at radius 1 is 1.52 bits per heavy atom. The molecule has 1 heterocycles. The number of benzene rings is 1. The number of hydrogen-bond acceptors (Lipinski definition) is 5. The molecule has 2 aliphatic rings. The molecule has 4 atom stereocenters. The normalized spacial score (nSPS) is 31.2. The van der Waals surface area contributed by atoms with E-state index < -0.39 is 10.7 Å². The molecule has 21 heavy (non-hydrogen) atoms. The molecule has 3 rings (SSSR count). The van der Waals surface area contributed by atoms with Crippen LogP contribution in [0.25, 0.3) is 0 Å². The lowest BCUT2D eigenvalue weighted by molar-refractivity contribution is -0.384. The lowest BCUT2D eigenvalue weighted by Gasteiger charge is -2.52. The first-order valence-corrected chi connectivity index (χ1v) is 7.55. The Morgan fingerprint density at radius 3 is 3.00 bits per heavy atom. The third-order valence-electron chi connectivity index (χ3n) is 4.23. The summed E-state index contributed by atoms with van der Waals surface area (Å²) in [5.41, 5.74) is 6.07. The maximum Gasteiger partial charge on any atom is 0.295 e. The molecule has 1 aliphatic carbocycles. The van der Waals surface area contributed by atoms with Crippen LogP contribution in [-0.4, -0.2) is 29.7 Å². The molecule has 3 N–H and O–H groups in total. The van der Waals surface area contributed by atoms with Crippen LogP contribution in [0.3, 0.4) is 0 Å². The highest BCUT2D eigenvalue weighted by atomic mass is 79.9. The molecular formula is C13H15BrFN3O3. The van der Waals surface area contributed by atoms with Gasteiger partial charge in [-0.2, -0.15) is 0 Å². The zero-order valence-electron chi connectivity index (χ0n) is 11.1. The summed E-state index contributed by atoms with van der Waals surface area (Å²) < 4.78 is 19.3. The Hall–Kier alpha value is -1.25. The van der Waals surface area contributed by atoms with Crippen LogP contribution in [0.15, 0.2) is 16.6 Å². The van der Waals surface area contributed by atoms with Crippen LogP contribution >= 0.6 is 15.9 Å². The van der Waals surface area contributed by atoms with E-state index in [0.29, 0.717) is 12.5 Å². The number of nitrogens with one attached hydrogen (secondary N) is 1. The lowest BCUT2D eigenvalue weighted by atomic mass is 9.68. The summed E-state index contributed by atoms with van der Waals surface area (Å²) in [6.45, 7) is 0.682. The molecule has 0 spiro atoms. The number of hydrogen-bond donors (Lipinski definition) is 2. The minimum Gasteiger partial charge on any atom is -0.376 e. The van der Waals surface area contributed by atoms with Crippen molar-refractivity contribution in [3.8, 4) is 0 Å². The van der Waals surface area contributed by atoms with Gasteiger partial charge in [-0.15, -0.1) is 0 Å². The Bertz CT molecular complexity index is 586. The highest BCUT2D eigenvalue weighted by molar-refractivity contribution is 9.10. The molecular weight excluding hydrogens is 345 g/mol. The van der Waals surface area contributed by atoms with Crippen LogP contribution in [0.4, 0.5) is 15.8 Å². The third kappa shape index (κ3) is 2.51. The Morgan fingerprint density at radius 2 is 2.29 bits per heavy atom. The number of rotatable bonds is 3. The SMILES string of the molecule is NC1C2CCCOC2C1Nc1cc(Br)c(F)cc1[N+](=O)[O-]. The van der Waals surface area contributed by atoms with Crippen LogP contribution in [-0.2, 0) is 4.74 Å². The van der Waals surface area contributed by atoms with Gasteiger partial charge < -0.3 is 15.8 Å². The molecule has 8 heteroatoms. The second-order valence-electron chi connectivity index (χ2n) is 5.43. The van der Waals surface area contributed by atoms with E-state index in [1.54, 1.807) is 0 Å². The van der Waals surface area contributed by atoms with Gasteiger partial charge in [-0.25, -0.2) is 4.39 Å². The van der Waals surface area contributed by atoms with Crippen molar-refractivity contribution in [2.24, 2.45) is 11.7 Å². The number of anilines is 1. The van der Waals surface area contributed by atoms with E-state index in [2.05, 4.69) is 21.2 Å². The van der Waals surface area contributed by atoms with Crippen molar-refractivity contribution < 1.29 is 14.1 Å². The zero-order chi connectivity index (χ0) is 15.1. The monoisotopic (exact) mass is 359 g/mol. The van der Waals surface area contributed by atoms with Gasteiger partial charge in [0.15, 0.2) is 0 Å². The van der Waals surface area contributed by atoms with Crippen molar-refractivity contribution >= 4 is 27.3 Å². The third-order valence-corrected chi connectivity index (χ3v) is 4.84. The molecule has 1 aliphatic heterocycles. The summed E-state index contributed by atoms with van der Waals surface area (Å²) in [6.07, 6.45) is 1.97. The average molecular weight is 360 g/mol. The quantitative estimate of drug-likeness (QED) is 0.638. The first kappa shape index (κ1) is 14.7.